The summed E-state index contributed by atoms with van der Waals surface area (Å²) in [5, 5.41) is 1.71. The van der Waals surface area contributed by atoms with Gasteiger partial charge in [-0.25, -0.2) is 24.0 Å². The van der Waals surface area contributed by atoms with Gasteiger partial charge in [0.1, 0.15) is 5.82 Å². The van der Waals surface area contributed by atoms with Gasteiger partial charge >= 0.3 is 0 Å². The van der Waals surface area contributed by atoms with E-state index >= 15 is 0 Å². The lowest BCUT2D eigenvalue weighted by Crippen LogP contribution is -2.18. The van der Waals surface area contributed by atoms with E-state index in [4.69, 9.17) is 17.4 Å². The molecular formula is C12H8ClF3N4O. The van der Waals surface area contributed by atoms with E-state index in [9.17, 15) is 18.0 Å². The number of amides is 1. The molecule has 2 rings (SSSR count). The number of benzene rings is 1. The minimum Gasteiger partial charge on any atom is -0.318 e. The number of carbonyl (C=O) groups excluding carboxylic acids is 1. The molecule has 1 heterocycles. The maximum Gasteiger partial charge on any atom is 0.258 e. The molecular weight excluding hydrogens is 309 g/mol. The van der Waals surface area contributed by atoms with Crippen molar-refractivity contribution in [2.24, 2.45) is 5.84 Å². The van der Waals surface area contributed by atoms with E-state index in [-0.39, 0.29) is 10.8 Å². The first-order chi connectivity index (χ1) is 9.93. The Morgan fingerprint density at radius 2 is 2.00 bits per heavy atom. The van der Waals surface area contributed by atoms with Gasteiger partial charge in [-0.15, -0.1) is 0 Å². The Morgan fingerprint density at radius 3 is 2.62 bits per heavy atom. The highest BCUT2D eigenvalue weighted by Crippen LogP contribution is 2.27. The van der Waals surface area contributed by atoms with Crippen molar-refractivity contribution >= 4 is 29.0 Å². The van der Waals surface area contributed by atoms with Gasteiger partial charge in [0.15, 0.2) is 17.5 Å². The number of anilines is 2. The summed E-state index contributed by atoms with van der Waals surface area (Å²) in [7, 11) is 0. The summed E-state index contributed by atoms with van der Waals surface area (Å²) in [6.07, 6.45) is 1.13. The topological polar surface area (TPSA) is 80.0 Å². The molecule has 0 bridgehead atoms. The first-order valence-corrected chi connectivity index (χ1v) is 5.89. The van der Waals surface area contributed by atoms with Crippen LogP contribution in [0.25, 0.3) is 0 Å². The lowest BCUT2D eigenvalue weighted by atomic mass is 10.2. The fourth-order valence-corrected chi connectivity index (χ4v) is 1.80. The number of nitrogen functional groups attached to an aromatic ring is 1. The third-order valence-electron chi connectivity index (χ3n) is 2.52. The average Bonchev–Trinajstić information content (AvgIpc) is 2.42. The van der Waals surface area contributed by atoms with E-state index in [1.165, 1.54) is 0 Å². The number of carbonyl (C=O) groups is 1. The van der Waals surface area contributed by atoms with Gasteiger partial charge in [-0.3, -0.25) is 4.79 Å². The number of nitrogens with zero attached hydrogens (tertiary/aromatic N) is 1. The van der Waals surface area contributed by atoms with Crippen molar-refractivity contribution in [1.29, 1.82) is 0 Å². The minimum atomic E-state index is -1.08. The van der Waals surface area contributed by atoms with Gasteiger partial charge in [0, 0.05) is 12.3 Å². The molecule has 5 nitrogen and oxygen atoms in total. The molecule has 1 aromatic heterocycles. The molecule has 9 heteroatoms. The first kappa shape index (κ1) is 15.1. The van der Waals surface area contributed by atoms with Crippen LogP contribution in [0.5, 0.6) is 0 Å². The summed E-state index contributed by atoms with van der Waals surface area (Å²) in [6.45, 7) is 0. The lowest BCUT2D eigenvalue weighted by Gasteiger charge is -2.10. The van der Waals surface area contributed by atoms with Crippen LogP contribution in [0.4, 0.5) is 24.7 Å². The van der Waals surface area contributed by atoms with Crippen molar-refractivity contribution in [3.8, 4) is 0 Å². The van der Waals surface area contributed by atoms with E-state index in [0.29, 0.717) is 6.07 Å². The fraction of sp³-hybridized carbons (Fsp3) is 0. The van der Waals surface area contributed by atoms with Gasteiger partial charge in [0.2, 0.25) is 0 Å². The number of halogens is 4. The maximum atomic E-state index is 13.8. The van der Waals surface area contributed by atoms with E-state index in [0.717, 1.165) is 18.3 Å². The summed E-state index contributed by atoms with van der Waals surface area (Å²) >= 11 is 5.63. The van der Waals surface area contributed by atoms with Crippen molar-refractivity contribution < 1.29 is 18.0 Å². The SMILES string of the molecule is NNc1nccc(C(=O)Nc2c(F)cc(F)cc2Cl)c1F. The summed E-state index contributed by atoms with van der Waals surface area (Å²) in [5.41, 5.74) is 1.08. The van der Waals surface area contributed by atoms with Crippen LogP contribution in [0.1, 0.15) is 10.4 Å². The molecule has 0 saturated carbocycles. The number of hydrogen-bond acceptors (Lipinski definition) is 4. The Bertz CT molecular complexity index is 688. The fourth-order valence-electron chi connectivity index (χ4n) is 1.56. The van der Waals surface area contributed by atoms with E-state index in [1.807, 2.05) is 5.43 Å². The zero-order valence-electron chi connectivity index (χ0n) is 10.3. The molecule has 1 aromatic carbocycles. The minimum absolute atomic E-state index is 0.353. The molecule has 21 heavy (non-hydrogen) atoms. The van der Waals surface area contributed by atoms with Gasteiger partial charge in [-0.2, -0.15) is 0 Å². The Balaban J connectivity index is 2.35. The molecule has 0 atom stereocenters. The molecule has 2 aromatic rings. The van der Waals surface area contributed by atoms with Crippen LogP contribution in [-0.2, 0) is 0 Å². The van der Waals surface area contributed by atoms with Crippen molar-refractivity contribution in [3.05, 3.63) is 52.4 Å². The van der Waals surface area contributed by atoms with Crippen LogP contribution in [0.15, 0.2) is 24.4 Å². The van der Waals surface area contributed by atoms with E-state index in [1.54, 1.807) is 0 Å². The van der Waals surface area contributed by atoms with Crippen molar-refractivity contribution in [3.63, 3.8) is 0 Å². The lowest BCUT2D eigenvalue weighted by molar-refractivity contribution is 0.102. The predicted molar refractivity (Wildman–Crippen MR) is 71.3 cm³/mol. The monoisotopic (exact) mass is 316 g/mol. The third-order valence-corrected chi connectivity index (χ3v) is 2.81. The molecule has 0 radical (unpaired) electrons. The average molecular weight is 317 g/mol. The second-order valence-corrected chi connectivity index (χ2v) is 4.27. The van der Waals surface area contributed by atoms with E-state index in [2.05, 4.69) is 10.3 Å². The highest BCUT2D eigenvalue weighted by atomic mass is 35.5. The normalized spacial score (nSPS) is 10.3. The van der Waals surface area contributed by atoms with Crippen LogP contribution in [0, 0.1) is 17.5 Å². The van der Waals surface area contributed by atoms with Crippen LogP contribution in [-0.4, -0.2) is 10.9 Å². The van der Waals surface area contributed by atoms with Crippen LogP contribution in [0.2, 0.25) is 5.02 Å². The summed E-state index contributed by atoms with van der Waals surface area (Å²) in [5.74, 6) is 0.686. The molecule has 0 aliphatic carbocycles. The Morgan fingerprint density at radius 1 is 1.29 bits per heavy atom. The quantitative estimate of drug-likeness (QED) is 0.601. The predicted octanol–water partition coefficient (Wildman–Crippen LogP) is 2.69. The van der Waals surface area contributed by atoms with Crippen LogP contribution in [0.3, 0.4) is 0 Å². The zero-order valence-corrected chi connectivity index (χ0v) is 11.0. The van der Waals surface area contributed by atoms with Gasteiger partial charge in [-0.05, 0) is 12.1 Å². The van der Waals surface area contributed by atoms with Crippen LogP contribution < -0.4 is 16.6 Å². The number of aromatic nitrogens is 1. The second kappa shape index (κ2) is 5.98. The largest absolute Gasteiger partial charge is 0.318 e. The molecule has 0 unspecified atom stereocenters. The van der Waals surface area contributed by atoms with Crippen molar-refractivity contribution in [2.45, 2.75) is 0 Å². The Hall–Kier alpha value is -2.32. The number of rotatable bonds is 3. The third kappa shape index (κ3) is 3.06. The molecule has 0 aliphatic heterocycles. The Kier molecular flexibility index (Phi) is 4.29. The van der Waals surface area contributed by atoms with Gasteiger partial charge < -0.3 is 10.7 Å². The summed E-state index contributed by atoms with van der Waals surface area (Å²) < 4.78 is 40.3. The molecule has 4 N–H and O–H groups in total. The Labute approximate surface area is 121 Å². The van der Waals surface area contributed by atoms with Crippen LogP contribution >= 0.6 is 11.6 Å². The smallest absolute Gasteiger partial charge is 0.258 e. The molecule has 0 fully saturated rings. The van der Waals surface area contributed by atoms with Gasteiger partial charge in [0.05, 0.1) is 16.3 Å². The number of pyridine rings is 1. The number of nitrogens with two attached hydrogens (primary N) is 1. The highest BCUT2D eigenvalue weighted by molar-refractivity contribution is 6.34. The molecule has 110 valence electrons. The second-order valence-electron chi connectivity index (χ2n) is 3.86. The molecule has 0 spiro atoms. The van der Waals surface area contributed by atoms with Gasteiger partial charge in [0.25, 0.3) is 5.91 Å². The first-order valence-electron chi connectivity index (χ1n) is 5.51. The number of hydrogen-bond donors (Lipinski definition) is 3. The number of nitrogens with one attached hydrogen (secondary N) is 2. The van der Waals surface area contributed by atoms with Crippen molar-refractivity contribution in [1.82, 2.24) is 4.98 Å². The number of hydrazine groups is 1. The van der Waals surface area contributed by atoms with Crippen molar-refractivity contribution in [2.75, 3.05) is 10.7 Å². The zero-order chi connectivity index (χ0) is 15.6. The summed E-state index contributed by atoms with van der Waals surface area (Å²) in [6, 6.07) is 2.42. The van der Waals surface area contributed by atoms with E-state index < -0.39 is 34.6 Å². The molecule has 0 saturated heterocycles. The molecule has 0 aliphatic rings. The van der Waals surface area contributed by atoms with Gasteiger partial charge in [-0.1, -0.05) is 11.6 Å². The standard InChI is InChI=1S/C12H8ClF3N4O/c13-7-3-5(14)4-8(15)10(7)19-12(21)6-1-2-18-11(20-17)9(6)16/h1-4H,17H2,(H,18,20)(H,19,21). The maximum absolute atomic E-state index is 13.8. The molecule has 1 amide bonds. The highest BCUT2D eigenvalue weighted by Gasteiger charge is 2.19. The summed E-state index contributed by atoms with van der Waals surface area (Å²) in [4.78, 5) is 15.5.